The molecule has 0 spiro atoms. The minimum atomic E-state index is 0.625. The summed E-state index contributed by atoms with van der Waals surface area (Å²) in [7, 11) is 0. The number of hydrogen-bond donors (Lipinski definition) is 0. The van der Waals surface area contributed by atoms with Gasteiger partial charge in [0, 0.05) is 47.8 Å². The molecule has 3 aromatic heterocycles. The van der Waals surface area contributed by atoms with Gasteiger partial charge in [-0.1, -0.05) is 194 Å². The summed E-state index contributed by atoms with van der Waals surface area (Å²) >= 11 is 1.84. The van der Waals surface area contributed by atoms with Crippen LogP contribution in [0, 0.1) is 0 Å². The lowest BCUT2D eigenvalue weighted by molar-refractivity contribution is 1.07. The number of benzene rings is 10. The average molecular weight is 845 g/mol. The Morgan fingerprint density at radius 2 is 0.708 bits per heavy atom. The van der Waals surface area contributed by atoms with Crippen molar-refractivity contribution in [2.75, 3.05) is 0 Å². The maximum Gasteiger partial charge on any atom is 0.164 e. The predicted molar refractivity (Wildman–Crippen MR) is 273 cm³/mol. The second-order valence-corrected chi connectivity index (χ2v) is 17.6. The average Bonchev–Trinajstić information content (AvgIpc) is 3.79. The Balaban J connectivity index is 0.859. The van der Waals surface area contributed by atoms with E-state index in [-0.39, 0.29) is 0 Å². The van der Waals surface area contributed by atoms with Crippen molar-refractivity contribution in [3.8, 4) is 67.7 Å². The monoisotopic (exact) mass is 844 g/mol. The lowest BCUT2D eigenvalue weighted by Gasteiger charge is -2.13. The molecule has 0 saturated heterocycles. The van der Waals surface area contributed by atoms with Crippen molar-refractivity contribution in [2.45, 2.75) is 0 Å². The lowest BCUT2D eigenvalue weighted by atomic mass is 9.92. The molecule has 302 valence electrons. The molecule has 0 radical (unpaired) electrons. The highest BCUT2D eigenvalue weighted by molar-refractivity contribution is 7.26. The summed E-state index contributed by atoms with van der Waals surface area (Å²) in [6.45, 7) is 0. The van der Waals surface area contributed by atoms with E-state index in [1.54, 1.807) is 0 Å². The maximum atomic E-state index is 5.24. The second kappa shape index (κ2) is 15.2. The maximum absolute atomic E-state index is 5.24. The molecule has 0 fully saturated rings. The Labute approximate surface area is 378 Å². The lowest BCUT2D eigenvalue weighted by Crippen LogP contribution is -2.00. The van der Waals surface area contributed by atoms with Crippen LogP contribution in [0.4, 0.5) is 0 Å². The molecule has 0 saturated carbocycles. The summed E-state index contributed by atoms with van der Waals surface area (Å²) < 4.78 is 2.56. The Morgan fingerprint density at radius 1 is 0.262 bits per heavy atom. The number of rotatable bonds is 6. The van der Waals surface area contributed by atoms with Crippen LogP contribution in [-0.4, -0.2) is 19.9 Å². The molecule has 0 aliphatic rings. The van der Waals surface area contributed by atoms with E-state index in [2.05, 4.69) is 200 Å². The Bertz CT molecular complexity index is 3950. The van der Waals surface area contributed by atoms with Gasteiger partial charge in [0.25, 0.3) is 0 Å². The molecule has 13 aromatic rings. The molecular formula is C60H36N4S. The summed E-state index contributed by atoms with van der Waals surface area (Å²) in [5.41, 5.74) is 10.4. The first-order chi connectivity index (χ1) is 32.2. The number of pyridine rings is 1. The van der Waals surface area contributed by atoms with Gasteiger partial charge in [-0.3, -0.25) is 0 Å². The third-order valence-corrected chi connectivity index (χ3v) is 13.9. The standard InChI is InChI=1S/C60H36N4S/c1-2-13-40(14-3-1)58-62-59(64-60(63-58)44-16-12-15-42(35-44)43-33-34-49-47-19-5-4-17-45(47)46-18-6-7-20-48(46)52(49)36-43)41-31-27-38(28-32-41)37-25-29-39(30-26-37)56-55-51-22-9-11-24-54(51)65-57(55)50-21-8-10-23-53(50)61-56/h1-36H. The summed E-state index contributed by atoms with van der Waals surface area (Å²) in [6.07, 6.45) is 0. The molecule has 0 amide bonds. The van der Waals surface area contributed by atoms with E-state index in [1.807, 2.05) is 29.5 Å². The van der Waals surface area contributed by atoms with Crippen molar-refractivity contribution in [1.29, 1.82) is 0 Å². The molecule has 5 heteroatoms. The number of nitrogens with zero attached hydrogens (tertiary/aromatic N) is 4. The highest BCUT2D eigenvalue weighted by atomic mass is 32.1. The Hall–Kier alpha value is -8.38. The molecular weight excluding hydrogens is 809 g/mol. The van der Waals surface area contributed by atoms with E-state index >= 15 is 0 Å². The minimum absolute atomic E-state index is 0.625. The quantitative estimate of drug-likeness (QED) is 0.156. The summed E-state index contributed by atoms with van der Waals surface area (Å²) in [6, 6.07) is 77.4. The van der Waals surface area contributed by atoms with E-state index in [0.29, 0.717) is 17.5 Å². The van der Waals surface area contributed by atoms with Gasteiger partial charge in [-0.25, -0.2) is 19.9 Å². The van der Waals surface area contributed by atoms with Gasteiger partial charge >= 0.3 is 0 Å². The van der Waals surface area contributed by atoms with E-state index < -0.39 is 0 Å². The zero-order chi connectivity index (χ0) is 42.8. The molecule has 0 aliphatic heterocycles. The molecule has 65 heavy (non-hydrogen) atoms. The first-order valence-corrected chi connectivity index (χ1v) is 22.7. The number of fused-ring (bicyclic) bond motifs is 11. The van der Waals surface area contributed by atoms with Crippen molar-refractivity contribution in [1.82, 2.24) is 19.9 Å². The van der Waals surface area contributed by atoms with Gasteiger partial charge in [0.1, 0.15) is 0 Å². The van der Waals surface area contributed by atoms with Crippen LogP contribution in [0.5, 0.6) is 0 Å². The fourth-order valence-corrected chi connectivity index (χ4v) is 10.8. The minimum Gasteiger partial charge on any atom is -0.247 e. The van der Waals surface area contributed by atoms with Gasteiger partial charge in [-0.05, 0) is 78.8 Å². The third kappa shape index (κ3) is 6.36. The van der Waals surface area contributed by atoms with E-state index in [4.69, 9.17) is 19.9 Å². The smallest absolute Gasteiger partial charge is 0.164 e. The van der Waals surface area contributed by atoms with Gasteiger partial charge in [0.15, 0.2) is 17.5 Å². The zero-order valence-corrected chi connectivity index (χ0v) is 35.8. The third-order valence-electron chi connectivity index (χ3n) is 12.7. The first kappa shape index (κ1) is 37.2. The molecule has 0 bridgehead atoms. The highest BCUT2D eigenvalue weighted by Crippen LogP contribution is 2.43. The van der Waals surface area contributed by atoms with Gasteiger partial charge < -0.3 is 0 Å². The van der Waals surface area contributed by atoms with Crippen LogP contribution in [0.15, 0.2) is 218 Å². The van der Waals surface area contributed by atoms with Crippen LogP contribution in [0.2, 0.25) is 0 Å². The van der Waals surface area contributed by atoms with E-state index in [9.17, 15) is 0 Å². The zero-order valence-electron chi connectivity index (χ0n) is 35.0. The normalized spacial score (nSPS) is 11.7. The van der Waals surface area contributed by atoms with Crippen molar-refractivity contribution < 1.29 is 0 Å². The molecule has 0 unspecified atom stereocenters. The summed E-state index contributed by atoms with van der Waals surface area (Å²) in [5, 5.41) is 11.2. The topological polar surface area (TPSA) is 51.6 Å². The first-order valence-electron chi connectivity index (χ1n) is 21.9. The fourth-order valence-electron chi connectivity index (χ4n) is 9.53. The van der Waals surface area contributed by atoms with Gasteiger partial charge in [0.2, 0.25) is 0 Å². The number of aromatic nitrogens is 4. The molecule has 13 rings (SSSR count). The van der Waals surface area contributed by atoms with Crippen molar-refractivity contribution in [3.63, 3.8) is 0 Å². The molecule has 3 heterocycles. The van der Waals surface area contributed by atoms with Crippen LogP contribution < -0.4 is 0 Å². The van der Waals surface area contributed by atoms with Crippen LogP contribution in [0.25, 0.3) is 131 Å². The van der Waals surface area contributed by atoms with Gasteiger partial charge in [0.05, 0.1) is 11.2 Å². The molecule has 10 aromatic carbocycles. The fraction of sp³-hybridized carbons (Fsp3) is 0. The predicted octanol–water partition coefficient (Wildman–Crippen LogP) is 16.2. The van der Waals surface area contributed by atoms with Crippen LogP contribution >= 0.6 is 11.3 Å². The van der Waals surface area contributed by atoms with Crippen LogP contribution in [-0.2, 0) is 0 Å². The van der Waals surface area contributed by atoms with E-state index in [0.717, 1.165) is 55.7 Å². The van der Waals surface area contributed by atoms with Gasteiger partial charge in [-0.2, -0.15) is 0 Å². The van der Waals surface area contributed by atoms with E-state index in [1.165, 1.54) is 57.9 Å². The summed E-state index contributed by atoms with van der Waals surface area (Å²) in [4.78, 5) is 20.5. The highest BCUT2D eigenvalue weighted by Gasteiger charge is 2.18. The number of para-hydroxylation sites is 1. The molecule has 0 atom stereocenters. The van der Waals surface area contributed by atoms with Crippen LogP contribution in [0.1, 0.15) is 0 Å². The molecule has 0 aliphatic carbocycles. The molecule has 0 N–H and O–H groups in total. The van der Waals surface area contributed by atoms with Gasteiger partial charge in [-0.15, -0.1) is 11.3 Å². The van der Waals surface area contributed by atoms with Crippen LogP contribution in [0.3, 0.4) is 0 Å². The SMILES string of the molecule is c1ccc(-c2nc(-c3ccc(-c4ccc(-c5nc6ccccc6c6sc7ccccc7c56)cc4)cc3)nc(-c3cccc(-c4ccc5c6ccccc6c6ccccc6c5c4)c3)n2)cc1. The second-order valence-electron chi connectivity index (χ2n) is 16.5. The van der Waals surface area contributed by atoms with Crippen molar-refractivity contribution in [3.05, 3.63) is 218 Å². The number of hydrogen-bond acceptors (Lipinski definition) is 5. The Morgan fingerprint density at radius 3 is 1.38 bits per heavy atom. The molecule has 4 nitrogen and oxygen atoms in total. The summed E-state index contributed by atoms with van der Waals surface area (Å²) in [5.74, 6) is 1.89. The Kier molecular flexibility index (Phi) is 8.68. The van der Waals surface area contributed by atoms with Crippen molar-refractivity contribution in [2.24, 2.45) is 0 Å². The van der Waals surface area contributed by atoms with Crippen molar-refractivity contribution >= 4 is 74.7 Å². The number of thiophene rings is 1. The largest absolute Gasteiger partial charge is 0.247 e.